The molecule has 2 rings (SSSR count). The molecule has 1 saturated heterocycles. The molecule has 96 valence electrons. The zero-order valence-corrected chi connectivity index (χ0v) is 9.38. The van der Waals surface area contributed by atoms with Gasteiger partial charge in [0, 0.05) is 12.7 Å². The number of carbonyl (C=O) groups excluding carboxylic acids is 1. The normalized spacial score (nSPS) is 19.6. The van der Waals surface area contributed by atoms with Crippen molar-refractivity contribution in [2.75, 3.05) is 19.7 Å². The molecule has 0 bridgehead atoms. The van der Waals surface area contributed by atoms with E-state index in [1.165, 1.54) is 12.3 Å². The second-order valence-corrected chi connectivity index (χ2v) is 3.81. The van der Waals surface area contributed by atoms with Crippen LogP contribution in [0.2, 0.25) is 0 Å². The molecule has 1 N–H and O–H groups in total. The summed E-state index contributed by atoms with van der Waals surface area (Å²) in [5.41, 5.74) is -0.137. The van der Waals surface area contributed by atoms with E-state index >= 15 is 0 Å². The van der Waals surface area contributed by atoms with Crippen molar-refractivity contribution in [2.45, 2.75) is 6.10 Å². The van der Waals surface area contributed by atoms with Gasteiger partial charge in [-0.2, -0.15) is 0 Å². The summed E-state index contributed by atoms with van der Waals surface area (Å²) < 4.78 is 18.6. The van der Waals surface area contributed by atoms with Crippen molar-refractivity contribution < 1.29 is 23.8 Å². The predicted molar refractivity (Wildman–Crippen MR) is 57.9 cm³/mol. The van der Waals surface area contributed by atoms with Gasteiger partial charge in [0.1, 0.15) is 6.10 Å². The number of aromatic nitrogens is 1. The summed E-state index contributed by atoms with van der Waals surface area (Å²) in [7, 11) is 0. The maximum Gasteiger partial charge on any atom is 0.407 e. The Balaban J connectivity index is 2.14. The van der Waals surface area contributed by atoms with Crippen LogP contribution in [-0.2, 0) is 4.74 Å². The molecule has 1 amide bonds. The zero-order chi connectivity index (χ0) is 13.1. The standard InChI is InChI=1S/C11H11FN2O4/c12-8-5-13-2-1-7(8)10(15)9-6-14(11(16)17)3-4-18-9/h1-2,5,9H,3-4,6H2,(H,16,17)/t9-/m1/s1. The summed E-state index contributed by atoms with van der Waals surface area (Å²) >= 11 is 0. The average Bonchev–Trinajstić information content (AvgIpc) is 2.38. The molecule has 0 radical (unpaired) electrons. The van der Waals surface area contributed by atoms with Crippen LogP contribution in [0.4, 0.5) is 9.18 Å². The summed E-state index contributed by atoms with van der Waals surface area (Å²) in [5, 5.41) is 8.84. The summed E-state index contributed by atoms with van der Waals surface area (Å²) in [5.74, 6) is -1.31. The minimum absolute atomic E-state index is 0.0874. The second kappa shape index (κ2) is 5.09. The first-order valence-corrected chi connectivity index (χ1v) is 5.33. The van der Waals surface area contributed by atoms with E-state index in [9.17, 15) is 14.0 Å². The van der Waals surface area contributed by atoms with Crippen molar-refractivity contribution in [2.24, 2.45) is 0 Å². The number of ether oxygens (including phenoxy) is 1. The molecule has 1 aromatic rings. The number of ketones is 1. The predicted octanol–water partition coefficient (Wildman–Crippen LogP) is 0.782. The lowest BCUT2D eigenvalue weighted by Crippen LogP contribution is -2.48. The lowest BCUT2D eigenvalue weighted by Gasteiger charge is -2.30. The fourth-order valence-corrected chi connectivity index (χ4v) is 1.73. The third-order valence-electron chi connectivity index (χ3n) is 2.67. The largest absolute Gasteiger partial charge is 0.465 e. The number of carboxylic acid groups (broad SMARTS) is 1. The number of rotatable bonds is 2. The molecule has 0 aliphatic carbocycles. The van der Waals surface area contributed by atoms with Crippen LogP contribution in [0.15, 0.2) is 18.5 Å². The number of hydrogen-bond donors (Lipinski definition) is 1. The third-order valence-corrected chi connectivity index (χ3v) is 2.67. The van der Waals surface area contributed by atoms with Crippen LogP contribution in [0.5, 0.6) is 0 Å². The molecule has 18 heavy (non-hydrogen) atoms. The number of pyridine rings is 1. The second-order valence-electron chi connectivity index (χ2n) is 3.81. The maximum absolute atomic E-state index is 13.4. The molecule has 7 heteroatoms. The lowest BCUT2D eigenvalue weighted by molar-refractivity contribution is -0.0113. The topological polar surface area (TPSA) is 79.7 Å². The number of halogens is 1. The highest BCUT2D eigenvalue weighted by Crippen LogP contribution is 2.14. The van der Waals surface area contributed by atoms with Gasteiger partial charge in [0.25, 0.3) is 0 Å². The highest BCUT2D eigenvalue weighted by molar-refractivity contribution is 6.00. The number of morpholine rings is 1. The molecule has 1 atom stereocenters. The highest BCUT2D eigenvalue weighted by Gasteiger charge is 2.30. The first-order valence-electron chi connectivity index (χ1n) is 5.33. The fraction of sp³-hybridized carbons (Fsp3) is 0.364. The first kappa shape index (κ1) is 12.4. The minimum Gasteiger partial charge on any atom is -0.465 e. The molecule has 1 aliphatic rings. The monoisotopic (exact) mass is 254 g/mol. The van der Waals surface area contributed by atoms with E-state index in [-0.39, 0.29) is 25.3 Å². The molecule has 0 aromatic carbocycles. The van der Waals surface area contributed by atoms with E-state index < -0.39 is 23.8 Å². The van der Waals surface area contributed by atoms with Crippen molar-refractivity contribution >= 4 is 11.9 Å². The van der Waals surface area contributed by atoms with Gasteiger partial charge in [-0.15, -0.1) is 0 Å². The molecular weight excluding hydrogens is 243 g/mol. The summed E-state index contributed by atoms with van der Waals surface area (Å²) in [6.45, 7) is 0.239. The smallest absolute Gasteiger partial charge is 0.407 e. The van der Waals surface area contributed by atoms with Gasteiger partial charge < -0.3 is 14.7 Å². The van der Waals surface area contributed by atoms with Crippen molar-refractivity contribution in [1.82, 2.24) is 9.88 Å². The van der Waals surface area contributed by atoms with Crippen LogP contribution in [0.25, 0.3) is 0 Å². The third kappa shape index (κ3) is 2.45. The van der Waals surface area contributed by atoms with Crippen LogP contribution in [-0.4, -0.2) is 52.7 Å². The van der Waals surface area contributed by atoms with E-state index in [1.54, 1.807) is 0 Å². The molecule has 1 aliphatic heterocycles. The average molecular weight is 254 g/mol. The van der Waals surface area contributed by atoms with E-state index in [2.05, 4.69) is 4.98 Å². The molecule has 2 heterocycles. The Hall–Kier alpha value is -2.02. The molecular formula is C11H11FN2O4. The van der Waals surface area contributed by atoms with Crippen LogP contribution < -0.4 is 0 Å². The lowest BCUT2D eigenvalue weighted by atomic mass is 10.1. The van der Waals surface area contributed by atoms with Gasteiger partial charge in [0.15, 0.2) is 11.6 Å². The minimum atomic E-state index is -1.12. The SMILES string of the molecule is O=C(c1ccncc1F)[C@H]1CN(C(=O)O)CCO1. The van der Waals surface area contributed by atoms with Crippen LogP contribution in [0.1, 0.15) is 10.4 Å². The van der Waals surface area contributed by atoms with Crippen molar-refractivity contribution in [3.8, 4) is 0 Å². The first-order chi connectivity index (χ1) is 8.59. The zero-order valence-electron chi connectivity index (χ0n) is 9.38. The number of carbonyl (C=O) groups is 2. The van der Waals surface area contributed by atoms with Gasteiger partial charge in [0.2, 0.25) is 0 Å². The number of nitrogens with zero attached hydrogens (tertiary/aromatic N) is 2. The number of Topliss-reactive ketones (excluding diaryl/α,β-unsaturated/α-hetero) is 1. The van der Waals surface area contributed by atoms with Gasteiger partial charge >= 0.3 is 6.09 Å². The van der Waals surface area contributed by atoms with Gasteiger partial charge in [0.05, 0.1) is 24.9 Å². The van der Waals surface area contributed by atoms with E-state index in [0.717, 1.165) is 11.1 Å². The van der Waals surface area contributed by atoms with Gasteiger partial charge in [-0.1, -0.05) is 0 Å². The van der Waals surface area contributed by atoms with E-state index in [4.69, 9.17) is 9.84 Å². The van der Waals surface area contributed by atoms with Crippen LogP contribution in [0, 0.1) is 5.82 Å². The van der Waals surface area contributed by atoms with Gasteiger partial charge in [-0.3, -0.25) is 9.78 Å². The fourth-order valence-electron chi connectivity index (χ4n) is 1.73. The Labute approximate surface area is 102 Å². The Bertz CT molecular complexity index is 480. The molecule has 0 spiro atoms. The Morgan fingerprint density at radius 1 is 1.56 bits per heavy atom. The number of amides is 1. The summed E-state index contributed by atoms with van der Waals surface area (Å²) in [4.78, 5) is 27.4. The summed E-state index contributed by atoms with van der Waals surface area (Å²) in [6.07, 6.45) is 0.150. The van der Waals surface area contributed by atoms with Crippen molar-refractivity contribution in [3.63, 3.8) is 0 Å². The molecule has 0 saturated carbocycles. The molecule has 6 nitrogen and oxygen atoms in total. The van der Waals surface area contributed by atoms with E-state index in [1.807, 2.05) is 0 Å². The molecule has 0 unspecified atom stereocenters. The van der Waals surface area contributed by atoms with Crippen LogP contribution in [0.3, 0.4) is 0 Å². The highest BCUT2D eigenvalue weighted by atomic mass is 19.1. The Morgan fingerprint density at radius 2 is 2.33 bits per heavy atom. The quantitative estimate of drug-likeness (QED) is 0.789. The van der Waals surface area contributed by atoms with E-state index in [0.29, 0.717) is 0 Å². The van der Waals surface area contributed by atoms with Crippen LogP contribution >= 0.6 is 0 Å². The van der Waals surface area contributed by atoms with Gasteiger partial charge in [-0.05, 0) is 6.07 Å². The Morgan fingerprint density at radius 3 is 3.00 bits per heavy atom. The van der Waals surface area contributed by atoms with Crippen molar-refractivity contribution in [1.29, 1.82) is 0 Å². The van der Waals surface area contributed by atoms with Crippen molar-refractivity contribution in [3.05, 3.63) is 29.8 Å². The maximum atomic E-state index is 13.4. The number of hydrogen-bond acceptors (Lipinski definition) is 4. The molecule has 1 aromatic heterocycles. The van der Waals surface area contributed by atoms with Gasteiger partial charge in [-0.25, -0.2) is 9.18 Å². The Kier molecular flexibility index (Phi) is 3.52. The molecule has 1 fully saturated rings. The summed E-state index contributed by atoms with van der Waals surface area (Å²) in [6, 6.07) is 1.25.